The molecule has 2 unspecified atom stereocenters. The number of halogens is 1. The lowest BCUT2D eigenvalue weighted by Gasteiger charge is -2.49. The number of methoxy groups -OCH3 is 1. The van der Waals surface area contributed by atoms with E-state index in [1.807, 2.05) is 18.2 Å². The van der Waals surface area contributed by atoms with Gasteiger partial charge in [-0.3, -0.25) is 9.69 Å². The predicted octanol–water partition coefficient (Wildman–Crippen LogP) is 3.74. The molecule has 6 heteroatoms. The van der Waals surface area contributed by atoms with Gasteiger partial charge in [-0.05, 0) is 54.5 Å². The summed E-state index contributed by atoms with van der Waals surface area (Å²) in [7, 11) is 1.71. The summed E-state index contributed by atoms with van der Waals surface area (Å²) in [5, 5.41) is 4.01. The smallest absolute Gasteiger partial charge is 0.225 e. The average molecular weight is 440 g/mol. The maximum absolute atomic E-state index is 13.2. The number of nitrogens with one attached hydrogen (secondary N) is 1. The highest BCUT2D eigenvalue weighted by atomic mass is 35.5. The van der Waals surface area contributed by atoms with Gasteiger partial charge in [0, 0.05) is 49.5 Å². The van der Waals surface area contributed by atoms with Gasteiger partial charge in [0.05, 0.1) is 19.1 Å². The van der Waals surface area contributed by atoms with Crippen LogP contribution >= 0.6 is 11.6 Å². The Balaban J connectivity index is 1.37. The molecule has 5 nitrogen and oxygen atoms in total. The molecule has 1 N–H and O–H groups in total. The molecule has 0 aromatic heterocycles. The lowest BCUT2D eigenvalue weighted by atomic mass is 9.83. The number of ether oxygens (including phenoxy) is 1. The van der Waals surface area contributed by atoms with Crippen molar-refractivity contribution in [3.8, 4) is 5.75 Å². The lowest BCUT2D eigenvalue weighted by molar-refractivity contribution is -0.126. The summed E-state index contributed by atoms with van der Waals surface area (Å²) in [5.74, 6) is 1.73. The predicted molar refractivity (Wildman–Crippen MR) is 124 cm³/mol. The Kier molecular flexibility index (Phi) is 5.81. The Morgan fingerprint density at radius 2 is 1.97 bits per heavy atom. The first-order chi connectivity index (χ1) is 15.1. The maximum Gasteiger partial charge on any atom is 0.225 e. The minimum Gasteiger partial charge on any atom is -0.497 e. The molecule has 2 aromatic rings. The first-order valence-corrected chi connectivity index (χ1v) is 11.7. The molecule has 1 aliphatic carbocycles. The molecule has 2 atom stereocenters. The molecule has 2 heterocycles. The largest absolute Gasteiger partial charge is 0.497 e. The van der Waals surface area contributed by atoms with E-state index in [1.165, 1.54) is 29.7 Å². The zero-order chi connectivity index (χ0) is 21.4. The number of carbonyl (C=O) groups is 1. The van der Waals surface area contributed by atoms with Gasteiger partial charge < -0.3 is 15.0 Å². The zero-order valence-electron chi connectivity index (χ0n) is 18.0. The highest BCUT2D eigenvalue weighted by Crippen LogP contribution is 2.38. The van der Waals surface area contributed by atoms with Gasteiger partial charge in [-0.2, -0.15) is 0 Å². The van der Waals surface area contributed by atoms with E-state index < -0.39 is 0 Å². The van der Waals surface area contributed by atoms with Crippen LogP contribution in [0.3, 0.4) is 0 Å². The van der Waals surface area contributed by atoms with Crippen molar-refractivity contribution in [3.05, 3.63) is 58.6 Å². The van der Waals surface area contributed by atoms with Gasteiger partial charge >= 0.3 is 0 Å². The molecule has 2 fully saturated rings. The monoisotopic (exact) mass is 439 g/mol. The molecule has 0 radical (unpaired) electrons. The zero-order valence-corrected chi connectivity index (χ0v) is 18.8. The molecule has 164 valence electrons. The molecular formula is C25H30ClN3O2. The molecular weight excluding hydrogens is 410 g/mol. The highest BCUT2D eigenvalue weighted by Gasteiger charge is 2.41. The van der Waals surface area contributed by atoms with Crippen molar-refractivity contribution >= 4 is 23.2 Å². The number of fused-ring (bicyclic) bond motifs is 3. The van der Waals surface area contributed by atoms with Gasteiger partial charge in [0.2, 0.25) is 5.91 Å². The van der Waals surface area contributed by atoms with Crippen LogP contribution in [0.4, 0.5) is 5.69 Å². The van der Waals surface area contributed by atoms with Gasteiger partial charge in [0.1, 0.15) is 5.75 Å². The topological polar surface area (TPSA) is 44.8 Å². The quantitative estimate of drug-likeness (QED) is 0.744. The molecule has 0 spiro atoms. The Bertz CT molecular complexity index is 944. The summed E-state index contributed by atoms with van der Waals surface area (Å²) in [6.07, 6.45) is 3.28. The van der Waals surface area contributed by atoms with Crippen LogP contribution in [0.15, 0.2) is 42.5 Å². The molecule has 1 saturated carbocycles. The number of nitrogens with zero attached hydrogens (tertiary/aromatic N) is 2. The number of rotatable bonds is 6. The number of benzene rings is 2. The van der Waals surface area contributed by atoms with Crippen molar-refractivity contribution in [1.29, 1.82) is 0 Å². The van der Waals surface area contributed by atoms with E-state index >= 15 is 0 Å². The Labute approximate surface area is 189 Å². The van der Waals surface area contributed by atoms with E-state index in [0.717, 1.165) is 49.9 Å². The summed E-state index contributed by atoms with van der Waals surface area (Å²) >= 11 is 6.05. The van der Waals surface area contributed by atoms with E-state index in [4.69, 9.17) is 16.3 Å². The standard InChI is InChI=1S/C25H30ClN3O2/c1-31-21-9-6-19-12-22(25(30)27-14-17-2-3-17)24-16-28(10-11-29(24)23(19)13-21)15-18-4-7-20(26)8-5-18/h4-9,13,17,22,24H,2-3,10-12,14-16H2,1H3,(H,27,30). The van der Waals surface area contributed by atoms with Crippen LogP contribution in [0.2, 0.25) is 5.02 Å². The van der Waals surface area contributed by atoms with Crippen LogP contribution < -0.4 is 15.0 Å². The van der Waals surface area contributed by atoms with Crippen molar-refractivity contribution in [3.63, 3.8) is 0 Å². The molecule has 2 aromatic carbocycles. The van der Waals surface area contributed by atoms with Crippen LogP contribution in [0, 0.1) is 11.8 Å². The molecule has 3 aliphatic rings. The number of carbonyl (C=O) groups excluding carboxylic acids is 1. The van der Waals surface area contributed by atoms with E-state index in [-0.39, 0.29) is 17.9 Å². The fourth-order valence-electron chi connectivity index (χ4n) is 4.95. The summed E-state index contributed by atoms with van der Waals surface area (Å²) in [5.41, 5.74) is 3.72. The van der Waals surface area contributed by atoms with E-state index in [2.05, 4.69) is 39.4 Å². The van der Waals surface area contributed by atoms with Gasteiger partial charge in [0.15, 0.2) is 0 Å². The summed E-state index contributed by atoms with van der Waals surface area (Å²) in [6.45, 7) is 4.45. The first-order valence-electron chi connectivity index (χ1n) is 11.3. The molecule has 1 amide bonds. The molecule has 31 heavy (non-hydrogen) atoms. The SMILES string of the molecule is COc1ccc2c(c1)N1CCN(Cc3ccc(Cl)cc3)CC1C(C(=O)NCC1CC1)C2. The summed E-state index contributed by atoms with van der Waals surface area (Å²) in [4.78, 5) is 18.1. The van der Waals surface area contributed by atoms with Crippen molar-refractivity contribution in [2.24, 2.45) is 11.8 Å². The van der Waals surface area contributed by atoms with Crippen LogP contribution in [0.25, 0.3) is 0 Å². The Hall–Kier alpha value is -2.24. The molecule has 0 bridgehead atoms. The van der Waals surface area contributed by atoms with E-state index in [9.17, 15) is 4.79 Å². The third kappa shape index (κ3) is 4.53. The van der Waals surface area contributed by atoms with Crippen LogP contribution in [-0.4, -0.2) is 50.1 Å². The number of anilines is 1. The molecule has 1 saturated heterocycles. The Morgan fingerprint density at radius 3 is 2.71 bits per heavy atom. The lowest BCUT2D eigenvalue weighted by Crippen LogP contribution is -2.61. The summed E-state index contributed by atoms with van der Waals surface area (Å²) < 4.78 is 5.49. The second-order valence-electron chi connectivity index (χ2n) is 9.12. The number of hydrogen-bond acceptors (Lipinski definition) is 4. The average Bonchev–Trinajstić information content (AvgIpc) is 3.62. The Morgan fingerprint density at radius 1 is 1.16 bits per heavy atom. The van der Waals surface area contributed by atoms with Crippen LogP contribution in [0.1, 0.15) is 24.0 Å². The second kappa shape index (κ2) is 8.71. The highest BCUT2D eigenvalue weighted by molar-refractivity contribution is 6.30. The maximum atomic E-state index is 13.2. The van der Waals surface area contributed by atoms with E-state index in [1.54, 1.807) is 7.11 Å². The first kappa shape index (κ1) is 20.7. The van der Waals surface area contributed by atoms with Crippen molar-refractivity contribution in [1.82, 2.24) is 10.2 Å². The van der Waals surface area contributed by atoms with Gasteiger partial charge in [-0.25, -0.2) is 0 Å². The van der Waals surface area contributed by atoms with Gasteiger partial charge in [-0.1, -0.05) is 29.8 Å². The summed E-state index contributed by atoms with van der Waals surface area (Å²) in [6, 6.07) is 14.5. The normalized spacial score (nSPS) is 23.1. The second-order valence-corrected chi connectivity index (χ2v) is 9.55. The third-order valence-corrected chi connectivity index (χ3v) is 7.18. The number of piperazine rings is 1. The van der Waals surface area contributed by atoms with Crippen LogP contribution in [0.5, 0.6) is 5.75 Å². The van der Waals surface area contributed by atoms with Crippen molar-refractivity contribution in [2.45, 2.75) is 31.8 Å². The van der Waals surface area contributed by atoms with Gasteiger partial charge in [-0.15, -0.1) is 0 Å². The third-order valence-electron chi connectivity index (χ3n) is 6.93. The van der Waals surface area contributed by atoms with Crippen molar-refractivity contribution < 1.29 is 9.53 Å². The fraction of sp³-hybridized carbons (Fsp3) is 0.480. The van der Waals surface area contributed by atoms with E-state index in [0.29, 0.717) is 5.92 Å². The number of amides is 1. The fourth-order valence-corrected chi connectivity index (χ4v) is 5.08. The molecule has 5 rings (SSSR count). The molecule has 2 aliphatic heterocycles. The minimum atomic E-state index is -0.0346. The number of hydrogen-bond donors (Lipinski definition) is 1. The van der Waals surface area contributed by atoms with Gasteiger partial charge in [0.25, 0.3) is 0 Å². The van der Waals surface area contributed by atoms with Crippen molar-refractivity contribution in [2.75, 3.05) is 38.2 Å². The van der Waals surface area contributed by atoms with Crippen LogP contribution in [-0.2, 0) is 17.8 Å². The minimum absolute atomic E-state index is 0.0346.